The Morgan fingerprint density at radius 1 is 1.43 bits per heavy atom. The molecular formula is C13H20N6OS. The van der Waals surface area contributed by atoms with Gasteiger partial charge in [0, 0.05) is 24.5 Å². The van der Waals surface area contributed by atoms with E-state index in [1.54, 1.807) is 0 Å². The number of morpholine rings is 1. The monoisotopic (exact) mass is 308 g/mol. The largest absolute Gasteiger partial charge is 0.366 e. The molecule has 3 rings (SSSR count). The Labute approximate surface area is 127 Å². The summed E-state index contributed by atoms with van der Waals surface area (Å²) >= 11 is 1.46. The molecule has 1 atom stereocenters. The number of anilines is 1. The van der Waals surface area contributed by atoms with Crippen molar-refractivity contribution in [2.45, 2.75) is 33.3 Å². The second kappa shape index (κ2) is 6.07. The number of nitrogens with zero attached hydrogens (tertiary/aromatic N) is 5. The topological polar surface area (TPSA) is 79.8 Å². The van der Waals surface area contributed by atoms with E-state index in [1.807, 2.05) is 6.92 Å². The zero-order valence-electron chi connectivity index (χ0n) is 12.5. The van der Waals surface area contributed by atoms with Gasteiger partial charge in [0.05, 0.1) is 13.2 Å². The molecule has 3 heterocycles. The molecule has 0 aliphatic carbocycles. The van der Waals surface area contributed by atoms with Crippen LogP contribution >= 0.6 is 11.5 Å². The van der Waals surface area contributed by atoms with Crippen LogP contribution in [-0.2, 0) is 11.2 Å². The second-order valence-electron chi connectivity index (χ2n) is 5.68. The number of hydrogen-bond donors (Lipinski definition) is 1. The summed E-state index contributed by atoms with van der Waals surface area (Å²) in [5, 5.41) is 8.02. The molecule has 0 amide bonds. The average Bonchev–Trinajstić information content (AvgIpc) is 3.07. The van der Waals surface area contributed by atoms with E-state index in [2.05, 4.69) is 43.3 Å². The van der Waals surface area contributed by atoms with Crippen LogP contribution in [0.1, 0.15) is 37.4 Å². The normalized spacial score (nSPS) is 19.4. The van der Waals surface area contributed by atoms with Crippen LogP contribution in [0, 0.1) is 12.8 Å². The van der Waals surface area contributed by atoms with Crippen LogP contribution in [0.5, 0.6) is 0 Å². The van der Waals surface area contributed by atoms with Crippen molar-refractivity contribution in [1.29, 1.82) is 0 Å². The Hall–Kier alpha value is -1.54. The lowest BCUT2D eigenvalue weighted by atomic mass is 10.1. The Morgan fingerprint density at radius 2 is 2.29 bits per heavy atom. The fourth-order valence-electron chi connectivity index (χ4n) is 2.30. The lowest BCUT2D eigenvalue weighted by Gasteiger charge is -2.30. The molecule has 114 valence electrons. The van der Waals surface area contributed by atoms with Crippen LogP contribution in [0.25, 0.3) is 0 Å². The summed E-state index contributed by atoms with van der Waals surface area (Å²) in [6.45, 7) is 8.44. The Bertz CT molecular complexity index is 595. The summed E-state index contributed by atoms with van der Waals surface area (Å²) < 4.78 is 10.2. The number of H-pyrrole nitrogens is 1. The fourth-order valence-corrected chi connectivity index (χ4v) is 3.03. The minimum Gasteiger partial charge on any atom is -0.366 e. The van der Waals surface area contributed by atoms with Gasteiger partial charge in [0.15, 0.2) is 5.82 Å². The van der Waals surface area contributed by atoms with Crippen molar-refractivity contribution in [3.63, 3.8) is 0 Å². The van der Waals surface area contributed by atoms with Crippen molar-refractivity contribution in [3.05, 3.63) is 17.5 Å². The number of aromatic amines is 1. The first-order valence-corrected chi connectivity index (χ1v) is 7.97. The van der Waals surface area contributed by atoms with Crippen molar-refractivity contribution in [2.75, 3.05) is 24.6 Å². The number of nitrogens with one attached hydrogen (secondary N) is 1. The zero-order chi connectivity index (χ0) is 14.8. The predicted molar refractivity (Wildman–Crippen MR) is 80.5 cm³/mol. The van der Waals surface area contributed by atoms with Crippen LogP contribution in [0.4, 0.5) is 5.13 Å². The molecular weight excluding hydrogens is 288 g/mol. The molecule has 1 aliphatic heterocycles. The highest BCUT2D eigenvalue weighted by Gasteiger charge is 2.27. The second-order valence-corrected chi connectivity index (χ2v) is 6.41. The summed E-state index contributed by atoms with van der Waals surface area (Å²) in [7, 11) is 0. The molecule has 0 radical (unpaired) electrons. The summed E-state index contributed by atoms with van der Waals surface area (Å²) in [5.74, 6) is 3.02. The highest BCUT2D eigenvalue weighted by atomic mass is 32.1. The molecule has 8 heteroatoms. The molecule has 1 unspecified atom stereocenters. The van der Waals surface area contributed by atoms with Crippen LogP contribution in [0.3, 0.4) is 0 Å². The van der Waals surface area contributed by atoms with Crippen LogP contribution in [0.2, 0.25) is 0 Å². The van der Waals surface area contributed by atoms with E-state index in [0.717, 1.165) is 29.7 Å². The molecule has 0 aromatic carbocycles. The van der Waals surface area contributed by atoms with E-state index in [4.69, 9.17) is 4.74 Å². The van der Waals surface area contributed by atoms with Crippen molar-refractivity contribution >= 4 is 16.7 Å². The quantitative estimate of drug-likeness (QED) is 0.927. The molecule has 1 aliphatic rings. The Kier molecular flexibility index (Phi) is 4.16. The van der Waals surface area contributed by atoms with Crippen LogP contribution < -0.4 is 4.90 Å². The number of ether oxygens (including phenoxy) is 1. The summed E-state index contributed by atoms with van der Waals surface area (Å²) in [4.78, 5) is 11.2. The maximum absolute atomic E-state index is 5.77. The minimum absolute atomic E-state index is 0.110. The summed E-state index contributed by atoms with van der Waals surface area (Å²) in [6.07, 6.45) is 0.811. The van der Waals surface area contributed by atoms with E-state index in [1.165, 1.54) is 11.5 Å². The smallest absolute Gasteiger partial charge is 0.205 e. The van der Waals surface area contributed by atoms with Gasteiger partial charge in [-0.25, -0.2) is 9.97 Å². The first-order chi connectivity index (χ1) is 10.1. The maximum Gasteiger partial charge on any atom is 0.205 e. The molecule has 1 saturated heterocycles. The van der Waals surface area contributed by atoms with E-state index in [0.29, 0.717) is 24.9 Å². The molecule has 1 fully saturated rings. The minimum atomic E-state index is -0.110. The highest BCUT2D eigenvalue weighted by molar-refractivity contribution is 7.09. The fraction of sp³-hybridized carbons (Fsp3) is 0.692. The summed E-state index contributed by atoms with van der Waals surface area (Å²) in [6, 6.07) is 0. The van der Waals surface area contributed by atoms with Gasteiger partial charge < -0.3 is 9.64 Å². The Morgan fingerprint density at radius 3 is 3.00 bits per heavy atom. The lowest BCUT2D eigenvalue weighted by Crippen LogP contribution is -2.38. The number of rotatable bonds is 4. The van der Waals surface area contributed by atoms with Gasteiger partial charge in [-0.2, -0.15) is 9.47 Å². The summed E-state index contributed by atoms with van der Waals surface area (Å²) in [5.41, 5.74) is 0. The van der Waals surface area contributed by atoms with Gasteiger partial charge in [-0.05, 0) is 12.8 Å². The first-order valence-electron chi connectivity index (χ1n) is 7.20. The molecule has 0 spiro atoms. The van der Waals surface area contributed by atoms with E-state index in [9.17, 15) is 0 Å². The van der Waals surface area contributed by atoms with Crippen LogP contribution in [-0.4, -0.2) is 44.2 Å². The van der Waals surface area contributed by atoms with E-state index in [-0.39, 0.29) is 6.10 Å². The number of hydrogen-bond acceptors (Lipinski definition) is 7. The predicted octanol–water partition coefficient (Wildman–Crippen LogP) is 1.74. The highest BCUT2D eigenvalue weighted by Crippen LogP contribution is 2.26. The van der Waals surface area contributed by atoms with Gasteiger partial charge in [0.2, 0.25) is 5.13 Å². The third-order valence-corrected chi connectivity index (χ3v) is 4.10. The number of aromatic nitrogens is 5. The Balaban J connectivity index is 1.69. The van der Waals surface area contributed by atoms with Crippen molar-refractivity contribution in [1.82, 2.24) is 24.5 Å². The molecule has 2 aromatic rings. The van der Waals surface area contributed by atoms with Gasteiger partial charge in [-0.1, -0.05) is 13.8 Å². The average molecular weight is 308 g/mol. The third kappa shape index (κ3) is 3.38. The molecule has 21 heavy (non-hydrogen) atoms. The number of aryl methyl sites for hydroxylation is 1. The van der Waals surface area contributed by atoms with E-state index < -0.39 is 0 Å². The molecule has 0 bridgehead atoms. The van der Waals surface area contributed by atoms with Gasteiger partial charge >= 0.3 is 0 Å². The van der Waals surface area contributed by atoms with Crippen molar-refractivity contribution < 1.29 is 4.74 Å². The lowest BCUT2D eigenvalue weighted by molar-refractivity contribution is 0.0342. The van der Waals surface area contributed by atoms with E-state index >= 15 is 0 Å². The molecule has 7 nitrogen and oxygen atoms in total. The SMILES string of the molecule is Cc1nc(C2CN(c3nc(CC(C)C)ns3)CCO2)n[nH]1. The molecule has 2 aromatic heterocycles. The third-order valence-electron chi connectivity index (χ3n) is 3.29. The first kappa shape index (κ1) is 14.4. The molecule has 1 N–H and O–H groups in total. The van der Waals surface area contributed by atoms with Crippen molar-refractivity contribution in [2.24, 2.45) is 5.92 Å². The van der Waals surface area contributed by atoms with Crippen molar-refractivity contribution in [3.8, 4) is 0 Å². The standard InChI is InChI=1S/C13H20N6OS/c1-8(2)6-11-15-13(21-18-11)19-4-5-20-10(7-19)12-14-9(3)16-17-12/h8,10H,4-7H2,1-3H3,(H,14,16,17). The zero-order valence-corrected chi connectivity index (χ0v) is 13.4. The van der Waals surface area contributed by atoms with Gasteiger partial charge in [0.1, 0.15) is 17.8 Å². The van der Waals surface area contributed by atoms with Gasteiger partial charge in [-0.3, -0.25) is 5.10 Å². The van der Waals surface area contributed by atoms with Gasteiger partial charge in [-0.15, -0.1) is 0 Å². The molecule has 0 saturated carbocycles. The maximum atomic E-state index is 5.77. The van der Waals surface area contributed by atoms with Gasteiger partial charge in [0.25, 0.3) is 0 Å². The van der Waals surface area contributed by atoms with Crippen LogP contribution in [0.15, 0.2) is 0 Å².